The molecule has 0 saturated carbocycles. The summed E-state index contributed by atoms with van der Waals surface area (Å²) in [6.45, 7) is 10.0. The summed E-state index contributed by atoms with van der Waals surface area (Å²) in [5, 5.41) is 4.27. The lowest BCUT2D eigenvalue weighted by Gasteiger charge is -2.33. The van der Waals surface area contributed by atoms with Crippen LogP contribution in [0.3, 0.4) is 0 Å². The Hall–Kier alpha value is -3.32. The van der Waals surface area contributed by atoms with E-state index in [4.69, 9.17) is 9.47 Å². The number of nitrogens with one attached hydrogen (secondary N) is 2. The van der Waals surface area contributed by atoms with Crippen LogP contribution in [0.4, 0.5) is 4.79 Å². The number of ether oxygens (including phenoxy) is 2. The van der Waals surface area contributed by atoms with E-state index in [1.807, 2.05) is 82.4 Å². The summed E-state index contributed by atoms with van der Waals surface area (Å²) in [6, 6.07) is 15.4. The normalized spacial score (nSPS) is 15.6. The zero-order chi connectivity index (χ0) is 25.7. The summed E-state index contributed by atoms with van der Waals surface area (Å²) < 4.78 is 11.6. The second-order valence-corrected chi connectivity index (χ2v) is 10.6. The number of carbonyl (C=O) groups is 2. The fourth-order valence-corrected chi connectivity index (χ4v) is 4.52. The van der Waals surface area contributed by atoms with Crippen LogP contribution in [0.15, 0.2) is 54.7 Å². The molecule has 2 aromatic carbocycles. The van der Waals surface area contributed by atoms with Crippen molar-refractivity contribution in [3.63, 3.8) is 0 Å². The third-order valence-electron chi connectivity index (χ3n) is 6.56. The highest BCUT2D eigenvalue weighted by atomic mass is 16.6. The van der Waals surface area contributed by atoms with E-state index < -0.39 is 5.60 Å². The maximum absolute atomic E-state index is 13.1. The quantitative estimate of drug-likeness (QED) is 0.450. The molecule has 4 rings (SSSR count). The Balaban J connectivity index is 1.32. The first kappa shape index (κ1) is 25.8. The maximum Gasteiger partial charge on any atom is 0.410 e. The number of aromatic amines is 1. The highest BCUT2D eigenvalue weighted by Gasteiger charge is 2.27. The molecular formula is C29H37N3O4. The third kappa shape index (κ3) is 6.66. The van der Waals surface area contributed by atoms with Crippen molar-refractivity contribution in [3.8, 4) is 0 Å². The monoisotopic (exact) mass is 491 g/mol. The van der Waals surface area contributed by atoms with E-state index in [1.54, 1.807) is 4.90 Å². The first-order valence-electron chi connectivity index (χ1n) is 12.7. The van der Waals surface area contributed by atoms with Gasteiger partial charge in [0.05, 0.1) is 12.6 Å². The van der Waals surface area contributed by atoms with Crippen LogP contribution in [0.2, 0.25) is 0 Å². The molecule has 2 heterocycles. The number of hydrogen-bond acceptors (Lipinski definition) is 4. The van der Waals surface area contributed by atoms with Gasteiger partial charge in [-0.25, -0.2) is 4.79 Å². The summed E-state index contributed by atoms with van der Waals surface area (Å²) >= 11 is 0. The van der Waals surface area contributed by atoms with Gasteiger partial charge in [0.1, 0.15) is 5.60 Å². The average molecular weight is 492 g/mol. The minimum atomic E-state index is -0.486. The number of aryl methyl sites for hydroxylation is 1. The van der Waals surface area contributed by atoms with Gasteiger partial charge in [0.2, 0.25) is 0 Å². The number of piperidine rings is 1. The number of likely N-dealkylation sites (tertiary alicyclic amines) is 1. The van der Waals surface area contributed by atoms with Gasteiger partial charge in [-0.15, -0.1) is 0 Å². The minimum absolute atomic E-state index is 0.132. The van der Waals surface area contributed by atoms with Crippen LogP contribution in [-0.4, -0.2) is 53.8 Å². The Bertz CT molecular complexity index is 1170. The topological polar surface area (TPSA) is 83.7 Å². The number of nitrogens with zero attached hydrogens (tertiary/aromatic N) is 1. The first-order chi connectivity index (χ1) is 17.2. The molecule has 1 fully saturated rings. The fraction of sp³-hybridized carbons (Fsp3) is 0.448. The predicted octanol–water partition coefficient (Wildman–Crippen LogP) is 5.61. The van der Waals surface area contributed by atoms with Crippen molar-refractivity contribution in [2.45, 2.75) is 52.2 Å². The largest absolute Gasteiger partial charge is 0.444 e. The van der Waals surface area contributed by atoms with Crippen molar-refractivity contribution >= 4 is 22.9 Å². The lowest BCUT2D eigenvalue weighted by molar-refractivity contribution is 0.0105. The lowest BCUT2D eigenvalue weighted by atomic mass is 9.98. The van der Waals surface area contributed by atoms with Crippen molar-refractivity contribution in [1.82, 2.24) is 15.2 Å². The summed E-state index contributed by atoms with van der Waals surface area (Å²) in [6.07, 6.45) is 3.45. The van der Waals surface area contributed by atoms with Gasteiger partial charge in [-0.05, 0) is 69.7 Å². The Kier molecular flexibility index (Phi) is 7.99. The van der Waals surface area contributed by atoms with E-state index in [2.05, 4.69) is 10.3 Å². The summed E-state index contributed by atoms with van der Waals surface area (Å²) in [5.74, 6) is 0.238. The van der Waals surface area contributed by atoms with Crippen molar-refractivity contribution in [1.29, 1.82) is 0 Å². The second-order valence-electron chi connectivity index (χ2n) is 10.6. The number of aromatic nitrogens is 1. The number of benzene rings is 2. The molecule has 7 nitrogen and oxygen atoms in total. The SMILES string of the molecule is Cc1c[nH]c2cc(C(=O)N[C@H](COCC3CCN(C(=O)OC(C)(C)C)CC3)c3ccccc3)ccc12. The van der Waals surface area contributed by atoms with E-state index in [-0.39, 0.29) is 18.0 Å². The van der Waals surface area contributed by atoms with Gasteiger partial charge in [-0.2, -0.15) is 0 Å². The standard InChI is InChI=1S/C29H37N3O4/c1-20-17-30-25-16-23(10-11-24(20)25)27(33)31-26(22-8-6-5-7-9-22)19-35-18-21-12-14-32(15-13-21)28(34)36-29(2,3)4/h5-11,16-17,21,26,30H,12-15,18-19H2,1-4H3,(H,31,33)/t26-/m1/s1. The average Bonchev–Trinajstić information content (AvgIpc) is 3.23. The summed E-state index contributed by atoms with van der Waals surface area (Å²) in [5.41, 5.74) is 3.23. The molecule has 0 spiro atoms. The molecule has 0 unspecified atom stereocenters. The van der Waals surface area contributed by atoms with Crippen LogP contribution in [0.25, 0.3) is 10.9 Å². The molecule has 36 heavy (non-hydrogen) atoms. The van der Waals surface area contributed by atoms with Gasteiger partial charge < -0.3 is 24.7 Å². The van der Waals surface area contributed by atoms with Crippen LogP contribution < -0.4 is 5.32 Å². The Labute approximate surface area is 213 Å². The Morgan fingerprint density at radius 1 is 1.11 bits per heavy atom. The molecule has 1 aliphatic heterocycles. The van der Waals surface area contributed by atoms with Crippen LogP contribution in [-0.2, 0) is 9.47 Å². The molecule has 1 saturated heterocycles. The molecule has 3 aromatic rings. The lowest BCUT2D eigenvalue weighted by Crippen LogP contribution is -2.42. The third-order valence-corrected chi connectivity index (χ3v) is 6.56. The smallest absolute Gasteiger partial charge is 0.410 e. The number of H-pyrrole nitrogens is 1. The molecule has 1 aliphatic rings. The molecular weight excluding hydrogens is 454 g/mol. The molecule has 2 amide bonds. The highest BCUT2D eigenvalue weighted by molar-refractivity contribution is 5.98. The molecule has 0 aliphatic carbocycles. The number of amides is 2. The summed E-state index contributed by atoms with van der Waals surface area (Å²) in [4.78, 5) is 30.4. The predicted molar refractivity (Wildman–Crippen MR) is 141 cm³/mol. The van der Waals surface area contributed by atoms with Gasteiger partial charge in [0.15, 0.2) is 0 Å². The minimum Gasteiger partial charge on any atom is -0.444 e. The van der Waals surface area contributed by atoms with E-state index in [9.17, 15) is 9.59 Å². The van der Waals surface area contributed by atoms with Crippen LogP contribution in [0.1, 0.15) is 61.1 Å². The van der Waals surface area contributed by atoms with Gasteiger partial charge >= 0.3 is 6.09 Å². The second kappa shape index (κ2) is 11.2. The van der Waals surface area contributed by atoms with Crippen molar-refractivity contribution in [2.75, 3.05) is 26.3 Å². The fourth-order valence-electron chi connectivity index (χ4n) is 4.52. The zero-order valence-electron chi connectivity index (χ0n) is 21.7. The van der Waals surface area contributed by atoms with Crippen molar-refractivity contribution in [2.24, 2.45) is 5.92 Å². The number of rotatable bonds is 7. The Morgan fingerprint density at radius 2 is 1.83 bits per heavy atom. The van der Waals surface area contributed by atoms with E-state index >= 15 is 0 Å². The number of hydrogen-bond donors (Lipinski definition) is 2. The van der Waals surface area contributed by atoms with Crippen LogP contribution >= 0.6 is 0 Å². The van der Waals surface area contributed by atoms with Crippen LogP contribution in [0.5, 0.6) is 0 Å². The van der Waals surface area contributed by atoms with Crippen LogP contribution in [0, 0.1) is 12.8 Å². The number of carbonyl (C=O) groups excluding carboxylic acids is 2. The molecule has 0 bridgehead atoms. The molecule has 1 atom stereocenters. The van der Waals surface area contributed by atoms with E-state index in [0.717, 1.165) is 34.9 Å². The van der Waals surface area contributed by atoms with Gasteiger partial charge in [-0.3, -0.25) is 4.79 Å². The first-order valence-corrected chi connectivity index (χ1v) is 12.7. The Morgan fingerprint density at radius 3 is 2.53 bits per heavy atom. The highest BCUT2D eigenvalue weighted by Crippen LogP contribution is 2.22. The van der Waals surface area contributed by atoms with Gasteiger partial charge in [0, 0.05) is 42.4 Å². The molecule has 192 valence electrons. The molecule has 0 radical (unpaired) electrons. The molecule has 2 N–H and O–H groups in total. The number of fused-ring (bicyclic) bond motifs is 1. The van der Waals surface area contributed by atoms with E-state index in [0.29, 0.717) is 37.8 Å². The van der Waals surface area contributed by atoms with E-state index in [1.165, 1.54) is 0 Å². The van der Waals surface area contributed by atoms with Gasteiger partial charge in [-0.1, -0.05) is 36.4 Å². The zero-order valence-corrected chi connectivity index (χ0v) is 21.7. The summed E-state index contributed by atoms with van der Waals surface area (Å²) in [7, 11) is 0. The molecule has 1 aromatic heterocycles. The van der Waals surface area contributed by atoms with Crippen molar-refractivity contribution < 1.29 is 19.1 Å². The van der Waals surface area contributed by atoms with Gasteiger partial charge in [0.25, 0.3) is 5.91 Å². The molecule has 7 heteroatoms. The van der Waals surface area contributed by atoms with Crippen molar-refractivity contribution in [3.05, 3.63) is 71.4 Å². The maximum atomic E-state index is 13.1.